The molecule has 19 heavy (non-hydrogen) atoms. The predicted octanol–water partition coefficient (Wildman–Crippen LogP) is 5.28. The summed E-state index contributed by atoms with van der Waals surface area (Å²) in [6.07, 6.45) is 4.91. The molecule has 1 aromatic carbocycles. The van der Waals surface area contributed by atoms with Crippen LogP contribution in [0.5, 0.6) is 0 Å². The van der Waals surface area contributed by atoms with Gasteiger partial charge in [-0.25, -0.2) is 4.98 Å². The predicted molar refractivity (Wildman–Crippen MR) is 81.1 cm³/mol. The second-order valence-corrected chi connectivity index (χ2v) is 6.85. The standard InChI is InChI=1S/C15H18Cl2N2/c1-10(16)14-18-12-6-5-11(17)9-13(12)19(14)15(2)7-3-4-8-15/h5-6,9-10H,3-4,7-8H2,1-2H3. The van der Waals surface area contributed by atoms with Crippen LogP contribution in [-0.4, -0.2) is 9.55 Å². The van der Waals surface area contributed by atoms with Crippen molar-refractivity contribution in [3.8, 4) is 0 Å². The lowest BCUT2D eigenvalue weighted by Crippen LogP contribution is -2.28. The normalized spacial score (nSPS) is 20.0. The quantitative estimate of drug-likeness (QED) is 0.690. The highest BCUT2D eigenvalue weighted by atomic mass is 35.5. The molecule has 2 aromatic rings. The summed E-state index contributed by atoms with van der Waals surface area (Å²) in [6.45, 7) is 4.30. The molecule has 1 aliphatic carbocycles. The van der Waals surface area contributed by atoms with E-state index >= 15 is 0 Å². The molecule has 102 valence electrons. The van der Waals surface area contributed by atoms with E-state index in [1.54, 1.807) is 0 Å². The molecule has 0 saturated heterocycles. The number of fused-ring (bicyclic) bond motifs is 1. The number of hydrogen-bond acceptors (Lipinski definition) is 1. The van der Waals surface area contributed by atoms with E-state index in [1.807, 2.05) is 25.1 Å². The van der Waals surface area contributed by atoms with Crippen LogP contribution in [0.4, 0.5) is 0 Å². The second-order valence-electron chi connectivity index (χ2n) is 5.76. The Morgan fingerprint density at radius 2 is 2.00 bits per heavy atom. The molecule has 0 bridgehead atoms. The summed E-state index contributed by atoms with van der Waals surface area (Å²) >= 11 is 12.5. The molecule has 1 aromatic heterocycles. The van der Waals surface area contributed by atoms with Gasteiger partial charge in [0.2, 0.25) is 0 Å². The van der Waals surface area contributed by atoms with Gasteiger partial charge in [-0.1, -0.05) is 24.4 Å². The summed E-state index contributed by atoms with van der Waals surface area (Å²) < 4.78 is 2.33. The maximum atomic E-state index is 6.34. The smallest absolute Gasteiger partial charge is 0.128 e. The van der Waals surface area contributed by atoms with Gasteiger partial charge in [-0.2, -0.15) is 0 Å². The van der Waals surface area contributed by atoms with Crippen molar-refractivity contribution in [3.05, 3.63) is 29.0 Å². The number of nitrogens with zero attached hydrogens (tertiary/aromatic N) is 2. The molecule has 2 nitrogen and oxygen atoms in total. The average Bonchev–Trinajstić information content (AvgIpc) is 2.93. The van der Waals surface area contributed by atoms with Gasteiger partial charge in [0.25, 0.3) is 0 Å². The molecule has 4 heteroatoms. The summed E-state index contributed by atoms with van der Waals surface area (Å²) in [5.74, 6) is 0.961. The molecule has 1 fully saturated rings. The SMILES string of the molecule is CC(Cl)c1nc2ccc(Cl)cc2n1C1(C)CCCC1. The fraction of sp³-hybridized carbons (Fsp3) is 0.533. The van der Waals surface area contributed by atoms with Crippen molar-refractivity contribution >= 4 is 34.2 Å². The molecule has 1 heterocycles. The monoisotopic (exact) mass is 296 g/mol. The van der Waals surface area contributed by atoms with Gasteiger partial charge in [-0.15, -0.1) is 11.6 Å². The summed E-state index contributed by atoms with van der Waals surface area (Å²) in [7, 11) is 0. The number of aromatic nitrogens is 2. The molecule has 1 atom stereocenters. The van der Waals surface area contributed by atoms with Gasteiger partial charge in [0, 0.05) is 10.6 Å². The lowest BCUT2D eigenvalue weighted by atomic mass is 9.99. The summed E-state index contributed by atoms with van der Waals surface area (Å²) in [4.78, 5) is 4.72. The van der Waals surface area contributed by atoms with E-state index in [0.717, 1.165) is 21.9 Å². The molecule has 0 radical (unpaired) electrons. The number of alkyl halides is 1. The van der Waals surface area contributed by atoms with Crippen molar-refractivity contribution in [1.29, 1.82) is 0 Å². The molecule has 0 N–H and O–H groups in total. The molecule has 0 amide bonds. The number of halogens is 2. The van der Waals surface area contributed by atoms with Crippen molar-refractivity contribution in [2.24, 2.45) is 0 Å². The Hall–Kier alpha value is -0.730. The van der Waals surface area contributed by atoms with Crippen LogP contribution >= 0.6 is 23.2 Å². The Bertz CT molecular complexity index is 610. The van der Waals surface area contributed by atoms with Crippen molar-refractivity contribution in [2.45, 2.75) is 50.4 Å². The first-order chi connectivity index (χ1) is 9.01. The van der Waals surface area contributed by atoms with Gasteiger partial charge in [-0.05, 0) is 44.9 Å². The van der Waals surface area contributed by atoms with Crippen LogP contribution in [0, 0.1) is 0 Å². The van der Waals surface area contributed by atoms with Crippen LogP contribution < -0.4 is 0 Å². The average molecular weight is 297 g/mol. The fourth-order valence-corrected chi connectivity index (χ4v) is 3.57. The Kier molecular flexibility index (Phi) is 3.26. The van der Waals surface area contributed by atoms with Crippen molar-refractivity contribution in [3.63, 3.8) is 0 Å². The minimum absolute atomic E-state index is 0.0939. The Labute approximate surface area is 123 Å². The van der Waals surface area contributed by atoms with Gasteiger partial charge < -0.3 is 4.57 Å². The van der Waals surface area contributed by atoms with Crippen LogP contribution in [0.3, 0.4) is 0 Å². The molecule has 0 spiro atoms. The maximum absolute atomic E-state index is 6.34. The Morgan fingerprint density at radius 3 is 2.63 bits per heavy atom. The van der Waals surface area contributed by atoms with E-state index < -0.39 is 0 Å². The van der Waals surface area contributed by atoms with E-state index in [-0.39, 0.29) is 10.9 Å². The van der Waals surface area contributed by atoms with Crippen LogP contribution in [-0.2, 0) is 5.54 Å². The molecule has 1 saturated carbocycles. The van der Waals surface area contributed by atoms with Gasteiger partial charge in [0.15, 0.2) is 0 Å². The van der Waals surface area contributed by atoms with Gasteiger partial charge in [0.1, 0.15) is 5.82 Å². The third-order valence-electron chi connectivity index (χ3n) is 4.22. The number of hydrogen-bond donors (Lipinski definition) is 0. The van der Waals surface area contributed by atoms with Crippen molar-refractivity contribution in [2.75, 3.05) is 0 Å². The highest BCUT2D eigenvalue weighted by molar-refractivity contribution is 6.31. The second kappa shape index (κ2) is 4.68. The zero-order valence-electron chi connectivity index (χ0n) is 11.3. The first kappa shape index (κ1) is 13.3. The first-order valence-corrected chi connectivity index (χ1v) is 7.65. The van der Waals surface area contributed by atoms with E-state index in [0.29, 0.717) is 0 Å². The number of rotatable bonds is 2. The summed E-state index contributed by atoms with van der Waals surface area (Å²) in [6, 6.07) is 5.88. The molecule has 0 aliphatic heterocycles. The highest BCUT2D eigenvalue weighted by Crippen LogP contribution is 2.41. The molecule has 3 rings (SSSR count). The third-order valence-corrected chi connectivity index (χ3v) is 4.65. The molecule has 1 aliphatic rings. The van der Waals surface area contributed by atoms with Crippen molar-refractivity contribution in [1.82, 2.24) is 9.55 Å². The Balaban J connectivity index is 2.29. The molecule has 1 unspecified atom stereocenters. The molecular formula is C15H18Cl2N2. The number of benzene rings is 1. The van der Waals surface area contributed by atoms with Crippen LogP contribution in [0.25, 0.3) is 11.0 Å². The minimum Gasteiger partial charge on any atom is -0.321 e. The van der Waals surface area contributed by atoms with Gasteiger partial charge in [-0.3, -0.25) is 0 Å². The third kappa shape index (κ3) is 2.15. The van der Waals surface area contributed by atoms with E-state index in [4.69, 9.17) is 28.2 Å². The Morgan fingerprint density at radius 1 is 1.32 bits per heavy atom. The first-order valence-electron chi connectivity index (χ1n) is 6.84. The summed E-state index contributed by atoms with van der Waals surface area (Å²) in [5, 5.41) is 0.660. The summed E-state index contributed by atoms with van der Waals surface area (Å²) in [5.41, 5.74) is 2.22. The largest absolute Gasteiger partial charge is 0.321 e. The molecular weight excluding hydrogens is 279 g/mol. The van der Waals surface area contributed by atoms with E-state index in [2.05, 4.69) is 11.5 Å². The van der Waals surface area contributed by atoms with Crippen LogP contribution in [0.15, 0.2) is 18.2 Å². The van der Waals surface area contributed by atoms with E-state index in [9.17, 15) is 0 Å². The van der Waals surface area contributed by atoms with Gasteiger partial charge in [0.05, 0.1) is 16.4 Å². The zero-order valence-corrected chi connectivity index (χ0v) is 12.8. The lowest BCUT2D eigenvalue weighted by molar-refractivity contribution is 0.328. The lowest BCUT2D eigenvalue weighted by Gasteiger charge is -2.29. The maximum Gasteiger partial charge on any atom is 0.128 e. The van der Waals surface area contributed by atoms with Crippen molar-refractivity contribution < 1.29 is 0 Å². The fourth-order valence-electron chi connectivity index (χ4n) is 3.26. The minimum atomic E-state index is -0.0939. The topological polar surface area (TPSA) is 17.8 Å². The van der Waals surface area contributed by atoms with Gasteiger partial charge >= 0.3 is 0 Å². The van der Waals surface area contributed by atoms with Crippen LogP contribution in [0.1, 0.15) is 50.7 Å². The van der Waals surface area contributed by atoms with E-state index in [1.165, 1.54) is 25.7 Å². The highest BCUT2D eigenvalue weighted by Gasteiger charge is 2.34. The number of imidazole rings is 1. The zero-order chi connectivity index (χ0) is 13.6. The van der Waals surface area contributed by atoms with Crippen LogP contribution in [0.2, 0.25) is 5.02 Å².